The molecule has 2 nitrogen and oxygen atoms in total. The molecule has 0 aliphatic carbocycles. The first-order valence-corrected chi connectivity index (χ1v) is 8.40. The molecule has 1 atom stereocenters. The Hall–Kier alpha value is -1.89. The summed E-state index contributed by atoms with van der Waals surface area (Å²) in [6.45, 7) is 1.53. The molecule has 0 fully saturated rings. The average molecular weight is 418 g/mol. The maximum absolute atomic E-state index is 13.7. The topological polar surface area (TPSA) is 29.1 Å². The standard InChI is InChI=1S/C18H16BrF4NO/c1-2-15(11-3-6-14(19)7-4-11)17(25)24-10-12-9-13(18(21,22)23)5-8-16(12)20/h3-9,15H,2,10H2,1H3,(H,24,25)/t15-/m1/s1. The van der Waals surface area contributed by atoms with Crippen LogP contribution in [0.3, 0.4) is 0 Å². The van der Waals surface area contributed by atoms with Crippen LogP contribution in [-0.2, 0) is 17.5 Å². The number of hydrogen-bond acceptors (Lipinski definition) is 1. The van der Waals surface area contributed by atoms with Crippen LogP contribution in [0.4, 0.5) is 17.6 Å². The fraction of sp³-hybridized carbons (Fsp3) is 0.278. The van der Waals surface area contributed by atoms with Crippen molar-refractivity contribution in [2.75, 3.05) is 0 Å². The molecule has 134 valence electrons. The highest BCUT2D eigenvalue weighted by atomic mass is 79.9. The van der Waals surface area contributed by atoms with E-state index in [1.807, 2.05) is 6.92 Å². The van der Waals surface area contributed by atoms with Gasteiger partial charge < -0.3 is 5.32 Å². The van der Waals surface area contributed by atoms with Gasteiger partial charge in [0.15, 0.2) is 0 Å². The van der Waals surface area contributed by atoms with E-state index >= 15 is 0 Å². The summed E-state index contributed by atoms with van der Waals surface area (Å²) in [6.07, 6.45) is -4.05. The first kappa shape index (κ1) is 19.4. The van der Waals surface area contributed by atoms with Gasteiger partial charge in [-0.05, 0) is 42.3 Å². The van der Waals surface area contributed by atoms with E-state index in [1.165, 1.54) is 0 Å². The third-order valence-corrected chi connectivity index (χ3v) is 4.35. The molecule has 0 unspecified atom stereocenters. The number of amides is 1. The minimum Gasteiger partial charge on any atom is -0.351 e. The number of nitrogens with one attached hydrogen (secondary N) is 1. The molecule has 0 aromatic heterocycles. The number of benzene rings is 2. The molecule has 0 saturated heterocycles. The number of carbonyl (C=O) groups is 1. The van der Waals surface area contributed by atoms with Crippen LogP contribution >= 0.6 is 15.9 Å². The van der Waals surface area contributed by atoms with E-state index in [4.69, 9.17) is 0 Å². The molecule has 0 spiro atoms. The summed E-state index contributed by atoms with van der Waals surface area (Å²) >= 11 is 3.31. The highest BCUT2D eigenvalue weighted by Crippen LogP contribution is 2.30. The fourth-order valence-corrected chi connectivity index (χ4v) is 2.72. The number of halogens is 5. The number of carbonyl (C=O) groups excluding carboxylic acids is 1. The highest BCUT2D eigenvalue weighted by molar-refractivity contribution is 9.10. The number of alkyl halides is 3. The van der Waals surface area contributed by atoms with Crippen molar-refractivity contribution in [1.29, 1.82) is 0 Å². The van der Waals surface area contributed by atoms with E-state index in [0.29, 0.717) is 12.5 Å². The molecular weight excluding hydrogens is 402 g/mol. The van der Waals surface area contributed by atoms with Crippen LogP contribution in [0.15, 0.2) is 46.9 Å². The third-order valence-electron chi connectivity index (χ3n) is 3.82. The molecule has 7 heteroatoms. The largest absolute Gasteiger partial charge is 0.416 e. The van der Waals surface area contributed by atoms with Crippen LogP contribution in [0.2, 0.25) is 0 Å². The van der Waals surface area contributed by atoms with Gasteiger partial charge in [-0.15, -0.1) is 0 Å². The highest BCUT2D eigenvalue weighted by Gasteiger charge is 2.31. The summed E-state index contributed by atoms with van der Waals surface area (Å²) in [7, 11) is 0. The van der Waals surface area contributed by atoms with E-state index in [0.717, 1.165) is 22.2 Å². The monoisotopic (exact) mass is 417 g/mol. The SMILES string of the molecule is CC[C@@H](C(=O)NCc1cc(C(F)(F)F)ccc1F)c1ccc(Br)cc1. The van der Waals surface area contributed by atoms with Gasteiger partial charge in [0.05, 0.1) is 11.5 Å². The van der Waals surface area contributed by atoms with Gasteiger partial charge in [-0.25, -0.2) is 4.39 Å². The van der Waals surface area contributed by atoms with Gasteiger partial charge in [-0.2, -0.15) is 13.2 Å². The number of rotatable bonds is 5. The van der Waals surface area contributed by atoms with Gasteiger partial charge in [0, 0.05) is 16.6 Å². The molecule has 2 aromatic rings. The molecule has 25 heavy (non-hydrogen) atoms. The zero-order valence-corrected chi connectivity index (χ0v) is 14.9. The van der Waals surface area contributed by atoms with Crippen LogP contribution in [0.5, 0.6) is 0 Å². The van der Waals surface area contributed by atoms with E-state index in [9.17, 15) is 22.4 Å². The Labute approximate surface area is 151 Å². The number of hydrogen-bond donors (Lipinski definition) is 1. The van der Waals surface area contributed by atoms with Crippen molar-refractivity contribution in [3.05, 3.63) is 69.4 Å². The molecule has 0 aliphatic heterocycles. The summed E-state index contributed by atoms with van der Waals surface area (Å²) < 4.78 is 52.8. The smallest absolute Gasteiger partial charge is 0.351 e. The molecule has 0 bridgehead atoms. The molecular formula is C18H16BrF4NO. The van der Waals surface area contributed by atoms with Crippen LogP contribution in [0.25, 0.3) is 0 Å². The third kappa shape index (κ3) is 5.04. The van der Waals surface area contributed by atoms with E-state index < -0.39 is 23.5 Å². The van der Waals surface area contributed by atoms with Crippen molar-refractivity contribution in [1.82, 2.24) is 5.32 Å². The molecule has 2 rings (SSSR count). The predicted molar refractivity (Wildman–Crippen MR) is 90.4 cm³/mol. The average Bonchev–Trinajstić information content (AvgIpc) is 2.55. The van der Waals surface area contributed by atoms with Crippen LogP contribution < -0.4 is 5.32 Å². The van der Waals surface area contributed by atoms with Crippen molar-refractivity contribution in [2.24, 2.45) is 0 Å². The molecule has 2 aromatic carbocycles. The Bertz CT molecular complexity index is 744. The zero-order chi connectivity index (χ0) is 18.6. The lowest BCUT2D eigenvalue weighted by Crippen LogP contribution is -2.29. The van der Waals surface area contributed by atoms with Gasteiger partial charge in [0.25, 0.3) is 0 Å². The second-order valence-electron chi connectivity index (χ2n) is 5.53. The lowest BCUT2D eigenvalue weighted by molar-refractivity contribution is -0.137. The van der Waals surface area contributed by atoms with Gasteiger partial charge in [-0.3, -0.25) is 4.79 Å². The molecule has 1 N–H and O–H groups in total. The molecule has 0 aliphatic rings. The summed E-state index contributed by atoms with van der Waals surface area (Å²) in [6, 6.07) is 9.35. The fourth-order valence-electron chi connectivity index (χ4n) is 2.46. The van der Waals surface area contributed by atoms with Crippen LogP contribution in [0, 0.1) is 5.82 Å². The van der Waals surface area contributed by atoms with Gasteiger partial charge in [0.1, 0.15) is 5.82 Å². The van der Waals surface area contributed by atoms with Crippen molar-refractivity contribution in [3.8, 4) is 0 Å². The van der Waals surface area contributed by atoms with Crippen molar-refractivity contribution in [2.45, 2.75) is 32.0 Å². The van der Waals surface area contributed by atoms with Gasteiger partial charge in [-0.1, -0.05) is 35.0 Å². The van der Waals surface area contributed by atoms with Gasteiger partial charge in [0.2, 0.25) is 5.91 Å². The normalized spacial score (nSPS) is 12.7. The van der Waals surface area contributed by atoms with Crippen molar-refractivity contribution >= 4 is 21.8 Å². The van der Waals surface area contributed by atoms with Crippen molar-refractivity contribution in [3.63, 3.8) is 0 Å². The first-order chi connectivity index (χ1) is 11.7. The Morgan fingerprint density at radius 1 is 1.16 bits per heavy atom. The van der Waals surface area contributed by atoms with E-state index in [2.05, 4.69) is 21.2 Å². The Morgan fingerprint density at radius 2 is 1.80 bits per heavy atom. The maximum atomic E-state index is 13.7. The zero-order valence-electron chi connectivity index (χ0n) is 13.3. The quantitative estimate of drug-likeness (QED) is 0.646. The summed E-state index contributed by atoms with van der Waals surface area (Å²) in [5.74, 6) is -1.60. The Morgan fingerprint density at radius 3 is 2.36 bits per heavy atom. The Kier molecular flexibility index (Phi) is 6.21. The summed E-state index contributed by atoms with van der Waals surface area (Å²) in [5.41, 5.74) is -0.361. The Balaban J connectivity index is 2.12. The summed E-state index contributed by atoms with van der Waals surface area (Å²) in [4.78, 5) is 12.4. The van der Waals surface area contributed by atoms with Crippen LogP contribution in [-0.4, -0.2) is 5.91 Å². The second kappa shape index (κ2) is 7.99. The molecule has 0 heterocycles. The minimum atomic E-state index is -4.56. The lowest BCUT2D eigenvalue weighted by Gasteiger charge is -2.16. The van der Waals surface area contributed by atoms with E-state index in [-0.39, 0.29) is 18.0 Å². The maximum Gasteiger partial charge on any atom is 0.416 e. The molecule has 0 saturated carbocycles. The van der Waals surface area contributed by atoms with E-state index in [1.54, 1.807) is 24.3 Å². The molecule has 1 amide bonds. The minimum absolute atomic E-state index is 0.200. The molecule has 0 radical (unpaired) electrons. The first-order valence-electron chi connectivity index (χ1n) is 7.61. The second-order valence-corrected chi connectivity index (χ2v) is 6.45. The lowest BCUT2D eigenvalue weighted by atomic mass is 9.95. The summed E-state index contributed by atoms with van der Waals surface area (Å²) in [5, 5.41) is 2.52. The predicted octanol–water partition coefficient (Wildman–Crippen LogP) is 5.42. The van der Waals surface area contributed by atoms with Crippen LogP contribution in [0.1, 0.15) is 36.0 Å². The van der Waals surface area contributed by atoms with Gasteiger partial charge >= 0.3 is 6.18 Å². The van der Waals surface area contributed by atoms with Crippen molar-refractivity contribution < 1.29 is 22.4 Å².